The molecule has 4 heteroatoms. The Morgan fingerprint density at radius 1 is 1.22 bits per heavy atom. The van der Waals surface area contributed by atoms with Gasteiger partial charge in [0.1, 0.15) is 0 Å². The number of hydrogen-bond donors (Lipinski definition) is 1. The van der Waals surface area contributed by atoms with E-state index in [0.29, 0.717) is 11.8 Å². The zero-order chi connectivity index (χ0) is 14.6. The Hall–Kier alpha value is -0.0900. The largest absolute Gasteiger partial charge is 0.286 e. The highest BCUT2D eigenvalue weighted by molar-refractivity contribution is 7.85. The first-order chi connectivity index (χ1) is 7.78. The molecule has 0 radical (unpaired) electrons. The Morgan fingerprint density at radius 3 is 2.00 bits per heavy atom. The molecule has 0 spiro atoms. The summed E-state index contributed by atoms with van der Waals surface area (Å²) >= 11 is 0. The number of rotatable bonds is 3. The van der Waals surface area contributed by atoms with E-state index < -0.39 is 15.5 Å². The third-order valence-electron chi connectivity index (χ3n) is 6.39. The van der Waals surface area contributed by atoms with Gasteiger partial charge in [0.2, 0.25) is 0 Å². The van der Waals surface area contributed by atoms with E-state index in [4.69, 9.17) is 0 Å². The topological polar surface area (TPSA) is 54.4 Å². The molecule has 3 atom stereocenters. The minimum Gasteiger partial charge on any atom is -0.286 e. The first kappa shape index (κ1) is 16.0. The molecule has 1 aliphatic carbocycles. The molecule has 3 unspecified atom stereocenters. The van der Waals surface area contributed by atoms with Crippen LogP contribution < -0.4 is 0 Å². The van der Waals surface area contributed by atoms with E-state index in [2.05, 4.69) is 41.5 Å². The van der Waals surface area contributed by atoms with E-state index in [9.17, 15) is 13.0 Å². The summed E-state index contributed by atoms with van der Waals surface area (Å²) in [4.78, 5) is 0. The minimum atomic E-state index is -3.97. The lowest BCUT2D eigenvalue weighted by Gasteiger charge is -2.50. The lowest BCUT2D eigenvalue weighted by molar-refractivity contribution is -0.000249. The van der Waals surface area contributed by atoms with Gasteiger partial charge in [-0.15, -0.1) is 0 Å². The quantitative estimate of drug-likeness (QED) is 0.801. The van der Waals surface area contributed by atoms with Gasteiger partial charge in [0, 0.05) is 0 Å². The van der Waals surface area contributed by atoms with Crippen LogP contribution in [0.3, 0.4) is 0 Å². The normalized spacial score (nSPS) is 40.4. The van der Waals surface area contributed by atoms with Gasteiger partial charge in [-0.25, -0.2) is 0 Å². The van der Waals surface area contributed by atoms with Gasteiger partial charge in [0.15, 0.2) is 0 Å². The van der Waals surface area contributed by atoms with E-state index in [1.54, 1.807) is 0 Å². The maximum Gasteiger partial charge on any atom is 0.265 e. The summed E-state index contributed by atoms with van der Waals surface area (Å²) in [6.45, 7) is 15.0. The second-order valence-corrected chi connectivity index (χ2v) is 8.91. The number of hydrogen-bond acceptors (Lipinski definition) is 2. The van der Waals surface area contributed by atoms with Crippen LogP contribution in [-0.2, 0) is 10.1 Å². The molecule has 0 aromatic heterocycles. The van der Waals surface area contributed by atoms with E-state index in [-0.39, 0.29) is 16.6 Å². The van der Waals surface area contributed by atoms with Gasteiger partial charge in [-0.1, -0.05) is 48.5 Å². The predicted octanol–water partition coefficient (Wildman–Crippen LogP) is 3.61. The fraction of sp³-hybridized carbons (Fsp3) is 1.00. The Bertz CT molecular complexity index is 424. The molecule has 1 aliphatic rings. The molecule has 108 valence electrons. The second kappa shape index (κ2) is 4.20. The molecule has 0 aliphatic heterocycles. The van der Waals surface area contributed by atoms with E-state index >= 15 is 0 Å². The summed E-state index contributed by atoms with van der Waals surface area (Å²) in [5.74, 6) is 0.677. The molecule has 0 aromatic carbocycles. The van der Waals surface area contributed by atoms with Crippen molar-refractivity contribution in [1.82, 2.24) is 0 Å². The molecule has 1 fully saturated rings. The van der Waals surface area contributed by atoms with Gasteiger partial charge in [0.25, 0.3) is 10.1 Å². The van der Waals surface area contributed by atoms with Crippen LogP contribution in [0, 0.1) is 28.1 Å². The predicted molar refractivity (Wildman–Crippen MR) is 75.0 cm³/mol. The van der Waals surface area contributed by atoms with E-state index in [0.717, 1.165) is 6.42 Å². The maximum absolute atomic E-state index is 11.5. The molecule has 18 heavy (non-hydrogen) atoms. The zero-order valence-electron chi connectivity index (χ0n) is 12.7. The average molecular weight is 276 g/mol. The zero-order valence-corrected chi connectivity index (χ0v) is 13.6. The molecular weight excluding hydrogens is 248 g/mol. The van der Waals surface area contributed by atoms with Crippen molar-refractivity contribution in [2.75, 3.05) is 5.75 Å². The van der Waals surface area contributed by atoms with E-state index in [1.807, 2.05) is 6.92 Å². The van der Waals surface area contributed by atoms with Crippen LogP contribution >= 0.6 is 0 Å². The molecule has 0 saturated heterocycles. The molecule has 0 heterocycles. The molecule has 0 bridgehead atoms. The smallest absolute Gasteiger partial charge is 0.265 e. The average Bonchev–Trinajstić information content (AvgIpc) is 2.24. The highest BCUT2D eigenvalue weighted by Gasteiger charge is 2.63. The maximum atomic E-state index is 11.5. The Balaban J connectivity index is 3.40. The molecule has 0 aromatic rings. The SMILES string of the molecule is CC1CC(C)(C(C)C)C(C)(CS(=O)(=O)O)C1(C)C. The van der Waals surface area contributed by atoms with Crippen molar-refractivity contribution in [2.24, 2.45) is 28.1 Å². The van der Waals surface area contributed by atoms with Crippen molar-refractivity contribution in [3.8, 4) is 0 Å². The molecular formula is C14H28O3S. The van der Waals surface area contributed by atoms with Gasteiger partial charge in [-0.05, 0) is 34.5 Å². The van der Waals surface area contributed by atoms with Crippen LogP contribution in [-0.4, -0.2) is 18.7 Å². The molecule has 1 rings (SSSR count). The van der Waals surface area contributed by atoms with Gasteiger partial charge in [0.05, 0.1) is 5.75 Å². The monoisotopic (exact) mass is 276 g/mol. The van der Waals surface area contributed by atoms with E-state index in [1.165, 1.54) is 0 Å². The first-order valence-electron chi connectivity index (χ1n) is 6.73. The molecule has 1 N–H and O–H groups in total. The van der Waals surface area contributed by atoms with Crippen LogP contribution in [0.4, 0.5) is 0 Å². The van der Waals surface area contributed by atoms with Crippen LogP contribution in [0.2, 0.25) is 0 Å². The second-order valence-electron chi connectivity index (χ2n) is 7.46. The standard InChI is InChI=1S/C14H28O3S/c1-10(2)13(6)8-11(3)12(4,5)14(13,7)9-18(15,16)17/h10-11H,8-9H2,1-7H3,(H,15,16,17). The third-order valence-corrected chi connectivity index (χ3v) is 7.33. The van der Waals surface area contributed by atoms with Crippen molar-refractivity contribution in [1.29, 1.82) is 0 Å². The van der Waals surface area contributed by atoms with Crippen molar-refractivity contribution in [3.63, 3.8) is 0 Å². The fourth-order valence-electron chi connectivity index (χ4n) is 3.98. The summed E-state index contributed by atoms with van der Waals surface area (Å²) in [6.07, 6.45) is 1.00. The van der Waals surface area contributed by atoms with Crippen LogP contribution in [0.5, 0.6) is 0 Å². The molecule has 0 amide bonds. The summed E-state index contributed by atoms with van der Waals surface area (Å²) < 4.78 is 32.3. The van der Waals surface area contributed by atoms with Crippen molar-refractivity contribution in [2.45, 2.75) is 54.9 Å². The van der Waals surface area contributed by atoms with Gasteiger partial charge >= 0.3 is 0 Å². The van der Waals surface area contributed by atoms with Gasteiger partial charge in [-0.2, -0.15) is 8.42 Å². The lowest BCUT2D eigenvalue weighted by Crippen LogP contribution is -2.49. The van der Waals surface area contributed by atoms with Crippen molar-refractivity contribution in [3.05, 3.63) is 0 Å². The summed E-state index contributed by atoms with van der Waals surface area (Å²) in [5, 5.41) is 0. The van der Waals surface area contributed by atoms with Gasteiger partial charge < -0.3 is 0 Å². The third kappa shape index (κ3) is 2.11. The summed E-state index contributed by atoms with van der Waals surface area (Å²) in [5.41, 5.74) is -0.602. The lowest BCUT2D eigenvalue weighted by atomic mass is 9.56. The molecule has 3 nitrogen and oxygen atoms in total. The first-order valence-corrected chi connectivity index (χ1v) is 8.34. The van der Waals surface area contributed by atoms with Crippen LogP contribution in [0.1, 0.15) is 54.9 Å². The highest BCUT2D eigenvalue weighted by atomic mass is 32.2. The Kier molecular flexibility index (Phi) is 3.73. The van der Waals surface area contributed by atoms with Crippen molar-refractivity contribution >= 4 is 10.1 Å². The Labute approximate surface area is 112 Å². The summed E-state index contributed by atoms with van der Waals surface area (Å²) in [6, 6.07) is 0. The van der Waals surface area contributed by atoms with Crippen molar-refractivity contribution < 1.29 is 13.0 Å². The fourth-order valence-corrected chi connectivity index (χ4v) is 5.42. The van der Waals surface area contributed by atoms with Crippen LogP contribution in [0.15, 0.2) is 0 Å². The molecule has 1 saturated carbocycles. The van der Waals surface area contributed by atoms with Gasteiger partial charge in [-0.3, -0.25) is 4.55 Å². The minimum absolute atomic E-state index is 0.0777. The summed E-state index contributed by atoms with van der Waals surface area (Å²) in [7, 11) is -3.97. The Morgan fingerprint density at radius 2 is 1.67 bits per heavy atom. The van der Waals surface area contributed by atoms with Crippen LogP contribution in [0.25, 0.3) is 0 Å². The highest BCUT2D eigenvalue weighted by Crippen LogP contribution is 2.67.